The molecule has 2 aliphatic heterocycles. The molecule has 104 valence electrons. The van der Waals surface area contributed by atoms with Crippen LogP contribution in [0, 0.1) is 0 Å². The zero-order valence-electron chi connectivity index (χ0n) is 11.0. The third-order valence-corrected chi connectivity index (χ3v) is 3.59. The largest absolute Gasteiger partial charge is 0.384 e. The molecular weight excluding hydrogens is 264 g/mol. The lowest BCUT2D eigenvalue weighted by Crippen LogP contribution is -2.44. The Morgan fingerprint density at radius 2 is 2.32 bits per heavy atom. The molecule has 1 saturated heterocycles. The lowest BCUT2D eigenvalue weighted by Gasteiger charge is -2.31. The third-order valence-electron chi connectivity index (χ3n) is 3.59. The van der Waals surface area contributed by atoms with Crippen LogP contribution in [0.15, 0.2) is 18.2 Å². The Kier molecular flexibility index (Phi) is 4.32. The van der Waals surface area contributed by atoms with Crippen LogP contribution in [0.5, 0.6) is 0 Å². The van der Waals surface area contributed by atoms with Crippen molar-refractivity contribution in [3.05, 3.63) is 29.3 Å². The Morgan fingerprint density at radius 1 is 1.47 bits per heavy atom. The maximum atomic E-state index is 12.4. The van der Waals surface area contributed by atoms with Crippen molar-refractivity contribution in [1.29, 1.82) is 0 Å². The van der Waals surface area contributed by atoms with Gasteiger partial charge in [0.1, 0.15) is 0 Å². The van der Waals surface area contributed by atoms with Gasteiger partial charge in [0, 0.05) is 30.9 Å². The highest BCUT2D eigenvalue weighted by Gasteiger charge is 2.23. The Labute approximate surface area is 119 Å². The number of carbonyl (C=O) groups excluding carboxylic acids is 1. The summed E-state index contributed by atoms with van der Waals surface area (Å²) in [5.41, 5.74) is 3.22. The number of halogens is 1. The molecule has 3 rings (SSSR count). The summed E-state index contributed by atoms with van der Waals surface area (Å²) in [5.74, 6) is 0.125. The minimum atomic E-state index is 0. The van der Waals surface area contributed by atoms with Gasteiger partial charge in [0.25, 0.3) is 5.91 Å². The van der Waals surface area contributed by atoms with Gasteiger partial charge < -0.3 is 15.0 Å². The molecular formula is C14H19ClN2O2. The fourth-order valence-electron chi connectivity index (χ4n) is 2.62. The predicted molar refractivity (Wildman–Crippen MR) is 77.2 cm³/mol. The van der Waals surface area contributed by atoms with Crippen molar-refractivity contribution in [2.45, 2.75) is 19.4 Å². The molecule has 1 aromatic carbocycles. The van der Waals surface area contributed by atoms with Crippen LogP contribution in [0.3, 0.4) is 0 Å². The Balaban J connectivity index is 0.00000133. The zero-order valence-corrected chi connectivity index (χ0v) is 11.8. The standard InChI is InChI=1S/C14H18N2O2.ClH/c1-10-9-16(6-7-18-10)14(17)12-2-3-13-11(8-12)4-5-15-13;/h2-3,8,10,15H,4-7,9H2,1H3;1H. The number of fused-ring (bicyclic) bond motifs is 1. The third kappa shape index (κ3) is 2.85. The summed E-state index contributed by atoms with van der Waals surface area (Å²) in [7, 11) is 0. The average Bonchev–Trinajstić information content (AvgIpc) is 2.85. The molecule has 5 heteroatoms. The summed E-state index contributed by atoms with van der Waals surface area (Å²) in [6.45, 7) is 5.00. The van der Waals surface area contributed by atoms with Gasteiger partial charge in [-0.15, -0.1) is 12.4 Å². The van der Waals surface area contributed by atoms with E-state index < -0.39 is 0 Å². The lowest BCUT2D eigenvalue weighted by atomic mass is 10.1. The summed E-state index contributed by atoms with van der Waals surface area (Å²) < 4.78 is 5.46. The molecule has 4 nitrogen and oxygen atoms in total. The Morgan fingerprint density at radius 3 is 3.11 bits per heavy atom. The number of rotatable bonds is 1. The highest BCUT2D eigenvalue weighted by Crippen LogP contribution is 2.24. The van der Waals surface area contributed by atoms with Crippen LogP contribution in [0.2, 0.25) is 0 Å². The van der Waals surface area contributed by atoms with Crippen LogP contribution >= 0.6 is 12.4 Å². The number of carbonyl (C=O) groups is 1. The van der Waals surface area contributed by atoms with Gasteiger partial charge in [0.05, 0.1) is 12.7 Å². The summed E-state index contributed by atoms with van der Waals surface area (Å²) in [6, 6.07) is 5.96. The number of benzene rings is 1. The number of nitrogens with one attached hydrogen (secondary N) is 1. The monoisotopic (exact) mass is 282 g/mol. The molecule has 2 aliphatic rings. The summed E-state index contributed by atoms with van der Waals surface area (Å²) in [4.78, 5) is 14.3. The number of hydrogen-bond donors (Lipinski definition) is 1. The first-order valence-electron chi connectivity index (χ1n) is 6.52. The highest BCUT2D eigenvalue weighted by molar-refractivity contribution is 5.95. The number of anilines is 1. The summed E-state index contributed by atoms with van der Waals surface area (Å²) in [6.07, 6.45) is 1.15. The maximum absolute atomic E-state index is 12.4. The first kappa shape index (κ1) is 14.2. The fraction of sp³-hybridized carbons (Fsp3) is 0.500. The van der Waals surface area contributed by atoms with E-state index in [1.54, 1.807) is 0 Å². The Hall–Kier alpha value is -1.26. The van der Waals surface area contributed by atoms with Crippen LogP contribution in [0.1, 0.15) is 22.8 Å². The van der Waals surface area contributed by atoms with E-state index in [0.29, 0.717) is 19.7 Å². The van der Waals surface area contributed by atoms with Crippen molar-refractivity contribution < 1.29 is 9.53 Å². The minimum absolute atomic E-state index is 0. The van der Waals surface area contributed by atoms with Crippen LogP contribution in [-0.2, 0) is 11.2 Å². The number of morpholine rings is 1. The highest BCUT2D eigenvalue weighted by atomic mass is 35.5. The second-order valence-corrected chi connectivity index (χ2v) is 4.98. The molecule has 1 amide bonds. The van der Waals surface area contributed by atoms with Gasteiger partial charge >= 0.3 is 0 Å². The van der Waals surface area contributed by atoms with Crippen molar-refractivity contribution in [1.82, 2.24) is 4.90 Å². The summed E-state index contributed by atoms with van der Waals surface area (Å²) >= 11 is 0. The van der Waals surface area contributed by atoms with E-state index in [1.807, 2.05) is 30.0 Å². The topological polar surface area (TPSA) is 41.6 Å². The van der Waals surface area contributed by atoms with Gasteiger partial charge in [-0.25, -0.2) is 0 Å². The Bertz CT molecular complexity index is 479. The van der Waals surface area contributed by atoms with E-state index in [4.69, 9.17) is 4.74 Å². The first-order valence-corrected chi connectivity index (χ1v) is 6.52. The molecule has 0 saturated carbocycles. The molecule has 1 aromatic rings. The van der Waals surface area contributed by atoms with E-state index in [2.05, 4.69) is 5.32 Å². The van der Waals surface area contributed by atoms with Crippen molar-refractivity contribution in [3.8, 4) is 0 Å². The fourth-order valence-corrected chi connectivity index (χ4v) is 2.62. The van der Waals surface area contributed by atoms with Gasteiger partial charge in [-0.1, -0.05) is 0 Å². The number of nitrogens with zero attached hydrogens (tertiary/aromatic N) is 1. The molecule has 2 heterocycles. The zero-order chi connectivity index (χ0) is 12.5. The molecule has 0 spiro atoms. The van der Waals surface area contributed by atoms with Crippen molar-refractivity contribution >= 4 is 24.0 Å². The molecule has 1 atom stereocenters. The van der Waals surface area contributed by atoms with Gasteiger partial charge in [-0.2, -0.15) is 0 Å². The van der Waals surface area contributed by atoms with E-state index in [9.17, 15) is 4.79 Å². The second-order valence-electron chi connectivity index (χ2n) is 4.98. The SMILES string of the molecule is CC1CN(C(=O)c2ccc3c(c2)CCN3)CCO1.Cl. The van der Waals surface area contributed by atoms with E-state index in [0.717, 1.165) is 18.5 Å². The van der Waals surface area contributed by atoms with E-state index in [-0.39, 0.29) is 24.4 Å². The van der Waals surface area contributed by atoms with Gasteiger partial charge in [-0.3, -0.25) is 4.79 Å². The number of hydrogen-bond acceptors (Lipinski definition) is 3. The molecule has 1 unspecified atom stereocenters. The maximum Gasteiger partial charge on any atom is 0.254 e. The van der Waals surface area contributed by atoms with Crippen LogP contribution in [-0.4, -0.2) is 43.2 Å². The number of ether oxygens (including phenoxy) is 1. The normalized spacial score (nSPS) is 21.3. The molecule has 0 radical (unpaired) electrons. The predicted octanol–water partition coefficient (Wildman–Crippen LogP) is 1.94. The lowest BCUT2D eigenvalue weighted by molar-refractivity contribution is -0.0124. The smallest absolute Gasteiger partial charge is 0.254 e. The second kappa shape index (κ2) is 5.80. The molecule has 19 heavy (non-hydrogen) atoms. The van der Waals surface area contributed by atoms with Gasteiger partial charge in [0.2, 0.25) is 0 Å². The van der Waals surface area contributed by atoms with Gasteiger partial charge in [0.15, 0.2) is 0 Å². The van der Waals surface area contributed by atoms with Gasteiger partial charge in [-0.05, 0) is 37.1 Å². The first-order chi connectivity index (χ1) is 8.74. The van der Waals surface area contributed by atoms with Crippen LogP contribution in [0.25, 0.3) is 0 Å². The van der Waals surface area contributed by atoms with Crippen molar-refractivity contribution in [2.24, 2.45) is 0 Å². The molecule has 1 N–H and O–H groups in total. The molecule has 1 fully saturated rings. The molecule has 0 aliphatic carbocycles. The number of amides is 1. The van der Waals surface area contributed by atoms with Crippen molar-refractivity contribution in [2.75, 3.05) is 31.6 Å². The average molecular weight is 283 g/mol. The molecule has 0 bridgehead atoms. The van der Waals surface area contributed by atoms with Crippen LogP contribution in [0.4, 0.5) is 5.69 Å². The van der Waals surface area contributed by atoms with E-state index in [1.165, 1.54) is 11.3 Å². The summed E-state index contributed by atoms with van der Waals surface area (Å²) in [5, 5.41) is 3.31. The van der Waals surface area contributed by atoms with Crippen LogP contribution < -0.4 is 5.32 Å². The molecule has 0 aromatic heterocycles. The van der Waals surface area contributed by atoms with Crippen molar-refractivity contribution in [3.63, 3.8) is 0 Å². The quantitative estimate of drug-likeness (QED) is 0.856. The minimum Gasteiger partial charge on any atom is -0.384 e. The van der Waals surface area contributed by atoms with E-state index >= 15 is 0 Å².